The van der Waals surface area contributed by atoms with Gasteiger partial charge in [0.05, 0.1) is 0 Å². The van der Waals surface area contributed by atoms with Gasteiger partial charge in [0.1, 0.15) is 5.60 Å². The number of nitrogens with one attached hydrogen (secondary N) is 1. The normalized spacial score (nSPS) is 17.4. The number of hydrogen-bond acceptors (Lipinski definition) is 4. The molecule has 0 radical (unpaired) electrons. The van der Waals surface area contributed by atoms with Crippen LogP contribution in [0.3, 0.4) is 0 Å². The van der Waals surface area contributed by atoms with E-state index in [2.05, 4.69) is 4.72 Å². The minimum Gasteiger partial charge on any atom is -0.444 e. The van der Waals surface area contributed by atoms with Crippen molar-refractivity contribution in [3.8, 4) is 0 Å². The summed E-state index contributed by atoms with van der Waals surface area (Å²) < 4.78 is 7.82. The second-order valence-electron chi connectivity index (χ2n) is 5.25. The summed E-state index contributed by atoms with van der Waals surface area (Å²) in [6.45, 7) is 6.85. The number of carbonyl (C=O) groups excluding carboxylic acids is 2. The fourth-order valence-corrected chi connectivity index (χ4v) is 2.35. The van der Waals surface area contributed by atoms with E-state index < -0.39 is 11.6 Å². The maximum Gasteiger partial charge on any atom is 0.410 e. The van der Waals surface area contributed by atoms with Crippen LogP contribution in [-0.4, -0.2) is 41.0 Å². The van der Waals surface area contributed by atoms with Crippen molar-refractivity contribution in [1.29, 1.82) is 0 Å². The predicted octanol–water partition coefficient (Wildman–Crippen LogP) is 1.70. The third kappa shape index (κ3) is 5.48. The van der Waals surface area contributed by atoms with Gasteiger partial charge in [0.2, 0.25) is 0 Å². The van der Waals surface area contributed by atoms with Gasteiger partial charge in [0, 0.05) is 18.3 Å². The molecule has 1 saturated heterocycles. The summed E-state index contributed by atoms with van der Waals surface area (Å²) in [5, 5.41) is 0.302. The summed E-state index contributed by atoms with van der Waals surface area (Å²) in [5.74, 6) is 0. The highest BCUT2D eigenvalue weighted by atomic mass is 32.2. The Morgan fingerprint density at radius 2 is 1.89 bits per heavy atom. The minimum atomic E-state index is -0.533. The summed E-state index contributed by atoms with van der Waals surface area (Å²) in [4.78, 5) is 24.1. The smallest absolute Gasteiger partial charge is 0.410 e. The first-order valence-electron chi connectivity index (χ1n) is 5.97. The van der Waals surface area contributed by atoms with Crippen molar-refractivity contribution < 1.29 is 14.3 Å². The molecule has 3 amide bonds. The number of nitrogens with two attached hydrogens (primary N) is 1. The van der Waals surface area contributed by atoms with Crippen LogP contribution in [0.1, 0.15) is 33.6 Å². The Kier molecular flexibility index (Phi) is 5.13. The molecular weight excluding hydrogens is 254 g/mol. The second-order valence-corrected chi connectivity index (χ2v) is 6.36. The molecule has 1 aliphatic rings. The van der Waals surface area contributed by atoms with Crippen LogP contribution >= 0.6 is 11.9 Å². The van der Waals surface area contributed by atoms with Crippen molar-refractivity contribution in [2.24, 2.45) is 5.73 Å². The number of nitrogens with zero attached hydrogens (tertiary/aromatic N) is 1. The third-order valence-electron chi connectivity index (χ3n) is 2.42. The van der Waals surface area contributed by atoms with E-state index >= 15 is 0 Å². The average Bonchev–Trinajstić information content (AvgIpc) is 2.24. The molecule has 0 atom stereocenters. The molecule has 0 aromatic heterocycles. The Morgan fingerprint density at radius 3 is 2.33 bits per heavy atom. The van der Waals surface area contributed by atoms with Gasteiger partial charge in [0.15, 0.2) is 0 Å². The van der Waals surface area contributed by atoms with Gasteiger partial charge in [-0.3, -0.25) is 4.72 Å². The molecule has 6 nitrogen and oxygen atoms in total. The van der Waals surface area contributed by atoms with Crippen LogP contribution in [0.15, 0.2) is 0 Å². The predicted molar refractivity (Wildman–Crippen MR) is 71.1 cm³/mol. The molecule has 7 heteroatoms. The largest absolute Gasteiger partial charge is 0.444 e. The first-order chi connectivity index (χ1) is 8.28. The molecule has 104 valence electrons. The van der Waals surface area contributed by atoms with E-state index in [9.17, 15) is 9.59 Å². The van der Waals surface area contributed by atoms with Crippen molar-refractivity contribution in [3.05, 3.63) is 0 Å². The van der Waals surface area contributed by atoms with Gasteiger partial charge in [-0.05, 0) is 45.6 Å². The number of hydrogen-bond donors (Lipinski definition) is 2. The van der Waals surface area contributed by atoms with Crippen LogP contribution in [0.25, 0.3) is 0 Å². The Hall–Kier alpha value is -1.11. The van der Waals surface area contributed by atoms with Gasteiger partial charge in [-0.2, -0.15) is 0 Å². The zero-order valence-electron chi connectivity index (χ0n) is 11.1. The second kappa shape index (κ2) is 6.17. The minimum absolute atomic E-state index is 0.270. The Balaban J connectivity index is 2.30. The Bertz CT molecular complexity index is 309. The number of piperidine rings is 1. The monoisotopic (exact) mass is 275 g/mol. The topological polar surface area (TPSA) is 84.7 Å². The first-order valence-corrected chi connectivity index (χ1v) is 6.85. The van der Waals surface area contributed by atoms with Crippen molar-refractivity contribution in [3.63, 3.8) is 0 Å². The van der Waals surface area contributed by atoms with Crippen molar-refractivity contribution in [1.82, 2.24) is 9.62 Å². The zero-order chi connectivity index (χ0) is 13.8. The quantitative estimate of drug-likeness (QED) is 0.751. The summed E-state index contributed by atoms with van der Waals surface area (Å²) in [5.41, 5.74) is 4.54. The molecule has 0 aromatic rings. The molecule has 3 N–H and O–H groups in total. The molecule has 1 aliphatic heterocycles. The van der Waals surface area contributed by atoms with Crippen LogP contribution in [0.4, 0.5) is 9.59 Å². The molecule has 1 rings (SSSR count). The van der Waals surface area contributed by atoms with E-state index in [-0.39, 0.29) is 6.09 Å². The zero-order valence-corrected chi connectivity index (χ0v) is 11.9. The molecule has 1 heterocycles. The molecule has 0 aliphatic carbocycles. The highest BCUT2D eigenvalue weighted by molar-refractivity contribution is 7.98. The third-order valence-corrected chi connectivity index (χ3v) is 3.54. The maximum absolute atomic E-state index is 11.8. The fourth-order valence-electron chi connectivity index (χ4n) is 1.62. The molecular formula is C11H21N3O3S. The van der Waals surface area contributed by atoms with Crippen LogP contribution in [0.2, 0.25) is 0 Å². The van der Waals surface area contributed by atoms with Gasteiger partial charge in [0.25, 0.3) is 0 Å². The van der Waals surface area contributed by atoms with Crippen LogP contribution in [-0.2, 0) is 4.74 Å². The summed E-state index contributed by atoms with van der Waals surface area (Å²) >= 11 is 1.33. The van der Waals surface area contributed by atoms with Gasteiger partial charge in [-0.25, -0.2) is 9.59 Å². The molecule has 1 fully saturated rings. The SMILES string of the molecule is CC(C)(C)OC(=O)N1CCC(SNC(N)=O)CC1. The van der Waals surface area contributed by atoms with Gasteiger partial charge in [-0.1, -0.05) is 0 Å². The number of urea groups is 1. The first kappa shape index (κ1) is 14.9. The number of rotatable bonds is 2. The molecule has 0 aromatic carbocycles. The van der Waals surface area contributed by atoms with Gasteiger partial charge < -0.3 is 15.4 Å². The summed E-state index contributed by atoms with van der Waals surface area (Å²) in [7, 11) is 0. The number of likely N-dealkylation sites (tertiary alicyclic amines) is 1. The molecule has 18 heavy (non-hydrogen) atoms. The molecule has 0 saturated carbocycles. The highest BCUT2D eigenvalue weighted by Crippen LogP contribution is 2.22. The number of ether oxygens (including phenoxy) is 1. The lowest BCUT2D eigenvalue weighted by atomic mass is 10.1. The maximum atomic E-state index is 11.8. The lowest BCUT2D eigenvalue weighted by Gasteiger charge is -2.32. The van der Waals surface area contributed by atoms with Crippen molar-refractivity contribution >= 4 is 24.1 Å². The Morgan fingerprint density at radius 1 is 1.33 bits per heavy atom. The number of amides is 3. The summed E-state index contributed by atoms with van der Waals surface area (Å²) in [6.07, 6.45) is 1.38. The molecule has 0 bridgehead atoms. The number of primary amides is 1. The molecule has 0 spiro atoms. The van der Waals surface area contributed by atoms with E-state index in [1.807, 2.05) is 20.8 Å². The Labute approximate surface area is 112 Å². The van der Waals surface area contributed by atoms with Gasteiger partial charge >= 0.3 is 12.1 Å². The molecule has 0 unspecified atom stereocenters. The van der Waals surface area contributed by atoms with Crippen LogP contribution in [0.5, 0.6) is 0 Å². The summed E-state index contributed by atoms with van der Waals surface area (Å²) in [6, 6.07) is -0.533. The lowest BCUT2D eigenvalue weighted by molar-refractivity contribution is 0.0219. The van der Waals surface area contributed by atoms with Crippen molar-refractivity contribution in [2.75, 3.05) is 13.1 Å². The fraction of sp³-hybridized carbons (Fsp3) is 0.818. The van der Waals surface area contributed by atoms with E-state index in [1.54, 1.807) is 4.90 Å². The van der Waals surface area contributed by atoms with E-state index in [0.29, 0.717) is 18.3 Å². The lowest BCUT2D eigenvalue weighted by Crippen LogP contribution is -2.43. The standard InChI is InChI=1S/C11H21N3O3S/c1-11(2,3)17-10(16)14-6-4-8(5-7-14)18-13-9(12)15/h8H,4-7H2,1-3H3,(H3,12,13,15). The van der Waals surface area contributed by atoms with E-state index in [4.69, 9.17) is 10.5 Å². The van der Waals surface area contributed by atoms with Gasteiger partial charge in [-0.15, -0.1) is 0 Å². The van der Waals surface area contributed by atoms with Crippen LogP contribution in [0, 0.1) is 0 Å². The van der Waals surface area contributed by atoms with Crippen molar-refractivity contribution in [2.45, 2.75) is 44.5 Å². The average molecular weight is 275 g/mol. The number of carbonyl (C=O) groups is 2. The van der Waals surface area contributed by atoms with E-state index in [1.165, 1.54) is 11.9 Å². The van der Waals surface area contributed by atoms with Crippen LogP contribution < -0.4 is 10.5 Å². The highest BCUT2D eigenvalue weighted by Gasteiger charge is 2.27. The van der Waals surface area contributed by atoms with E-state index in [0.717, 1.165) is 12.8 Å².